The lowest BCUT2D eigenvalue weighted by atomic mass is 9.96. The van der Waals surface area contributed by atoms with Crippen molar-refractivity contribution >= 4 is 16.6 Å². The van der Waals surface area contributed by atoms with Crippen molar-refractivity contribution in [2.24, 2.45) is 7.05 Å². The number of carbonyl (C=O) groups is 1. The lowest BCUT2D eigenvalue weighted by Crippen LogP contribution is -2.05. The van der Waals surface area contributed by atoms with Gasteiger partial charge in [-0.2, -0.15) is 5.10 Å². The van der Waals surface area contributed by atoms with Crippen LogP contribution in [0.4, 0.5) is 0 Å². The van der Waals surface area contributed by atoms with E-state index in [1.54, 1.807) is 4.68 Å². The minimum absolute atomic E-state index is 0.0462. The Morgan fingerprint density at radius 2 is 1.75 bits per heavy atom. The maximum atomic E-state index is 12.9. The Bertz CT molecular complexity index is 810. The van der Waals surface area contributed by atoms with Gasteiger partial charge in [-0.1, -0.05) is 42.5 Å². The molecule has 0 spiro atoms. The molecule has 0 aliphatic carbocycles. The van der Waals surface area contributed by atoms with E-state index in [0.29, 0.717) is 5.56 Å². The van der Waals surface area contributed by atoms with E-state index in [2.05, 4.69) is 5.10 Å². The van der Waals surface area contributed by atoms with Gasteiger partial charge in [-0.05, 0) is 24.6 Å². The zero-order chi connectivity index (χ0) is 14.3. The molecule has 0 aliphatic heterocycles. The Balaban J connectivity index is 2.23. The van der Waals surface area contributed by atoms with E-state index in [1.165, 1.54) is 0 Å². The van der Waals surface area contributed by atoms with Gasteiger partial charge < -0.3 is 0 Å². The highest BCUT2D eigenvalue weighted by Gasteiger charge is 2.20. The van der Waals surface area contributed by atoms with Crippen LogP contribution in [0.3, 0.4) is 0 Å². The van der Waals surface area contributed by atoms with Crippen molar-refractivity contribution in [1.29, 1.82) is 0 Å². The Kier molecular flexibility index (Phi) is 2.90. The van der Waals surface area contributed by atoms with E-state index in [9.17, 15) is 4.79 Å². The van der Waals surface area contributed by atoms with E-state index >= 15 is 0 Å². The van der Waals surface area contributed by atoms with Gasteiger partial charge in [0.1, 0.15) is 0 Å². The van der Waals surface area contributed by atoms with Gasteiger partial charge in [0.15, 0.2) is 5.78 Å². The minimum atomic E-state index is 0.0462. The fourth-order valence-corrected chi connectivity index (χ4v) is 2.66. The molecule has 1 aromatic heterocycles. The van der Waals surface area contributed by atoms with Gasteiger partial charge in [-0.3, -0.25) is 9.48 Å². The average molecular weight is 264 g/mol. The summed E-state index contributed by atoms with van der Waals surface area (Å²) in [5.74, 6) is 0.0462. The fourth-order valence-electron chi connectivity index (χ4n) is 2.66. The highest BCUT2D eigenvalue weighted by molar-refractivity contribution is 6.17. The third-order valence-corrected chi connectivity index (χ3v) is 3.77. The largest absolute Gasteiger partial charge is 0.288 e. The highest BCUT2D eigenvalue weighted by atomic mass is 16.1. The normalized spacial score (nSPS) is 10.9. The number of ketones is 1. The maximum absolute atomic E-state index is 12.9. The predicted molar refractivity (Wildman–Crippen MR) is 80.1 cm³/mol. The summed E-state index contributed by atoms with van der Waals surface area (Å²) < 4.78 is 1.76. The summed E-state index contributed by atoms with van der Waals surface area (Å²) in [5, 5.41) is 6.40. The van der Waals surface area contributed by atoms with Crippen molar-refractivity contribution in [3.8, 4) is 0 Å². The molecule has 100 valence electrons. The number of rotatable bonds is 2. The van der Waals surface area contributed by atoms with Crippen molar-refractivity contribution in [3.63, 3.8) is 0 Å². The van der Waals surface area contributed by atoms with Gasteiger partial charge in [0.2, 0.25) is 0 Å². The molecule has 2 aromatic carbocycles. The molecule has 0 radical (unpaired) electrons. The summed E-state index contributed by atoms with van der Waals surface area (Å²) in [6.45, 7) is 3.81. The number of fused-ring (bicyclic) bond motifs is 1. The molecular formula is C17H16N2O. The summed E-state index contributed by atoms with van der Waals surface area (Å²) in [6, 6.07) is 13.8. The first-order valence-electron chi connectivity index (χ1n) is 6.62. The third-order valence-electron chi connectivity index (χ3n) is 3.77. The molecule has 3 aromatic rings. The van der Waals surface area contributed by atoms with Crippen molar-refractivity contribution in [2.45, 2.75) is 13.8 Å². The lowest BCUT2D eigenvalue weighted by Gasteiger charge is -2.06. The molecule has 3 nitrogen and oxygen atoms in total. The summed E-state index contributed by atoms with van der Waals surface area (Å²) in [7, 11) is 1.86. The molecule has 0 aliphatic rings. The molecule has 0 saturated carbocycles. The molecule has 3 heteroatoms. The van der Waals surface area contributed by atoms with Gasteiger partial charge in [-0.25, -0.2) is 0 Å². The standard InChI is InChI=1S/C17H16N2O/c1-11-16(12(2)19(3)18-11)17(20)15-10-6-8-13-7-4-5-9-14(13)15/h4-10H,1-3H3. The molecule has 0 atom stereocenters. The second-order valence-corrected chi connectivity index (χ2v) is 5.03. The third kappa shape index (κ3) is 1.83. The fraction of sp³-hybridized carbons (Fsp3) is 0.176. The number of aromatic nitrogens is 2. The van der Waals surface area contributed by atoms with Gasteiger partial charge >= 0.3 is 0 Å². The number of hydrogen-bond donors (Lipinski definition) is 0. The monoisotopic (exact) mass is 264 g/mol. The van der Waals surface area contributed by atoms with Crippen LogP contribution in [0.1, 0.15) is 27.3 Å². The second kappa shape index (κ2) is 4.60. The predicted octanol–water partition coefficient (Wildman–Crippen LogP) is 3.42. The Labute approximate surface area is 117 Å². The number of carbonyl (C=O) groups excluding carboxylic acids is 1. The summed E-state index contributed by atoms with van der Waals surface area (Å²) in [6.07, 6.45) is 0. The molecule has 0 bridgehead atoms. The number of nitrogens with zero attached hydrogens (tertiary/aromatic N) is 2. The zero-order valence-corrected chi connectivity index (χ0v) is 11.8. The molecule has 1 heterocycles. The SMILES string of the molecule is Cc1nn(C)c(C)c1C(=O)c1cccc2ccccc12. The van der Waals surface area contributed by atoms with Crippen molar-refractivity contribution < 1.29 is 4.79 Å². The number of hydrogen-bond acceptors (Lipinski definition) is 2. The van der Waals surface area contributed by atoms with Crippen molar-refractivity contribution in [1.82, 2.24) is 9.78 Å². The Hall–Kier alpha value is -2.42. The van der Waals surface area contributed by atoms with Crippen LogP contribution >= 0.6 is 0 Å². The van der Waals surface area contributed by atoms with Crippen LogP contribution < -0.4 is 0 Å². The summed E-state index contributed by atoms with van der Waals surface area (Å²) in [4.78, 5) is 12.9. The van der Waals surface area contributed by atoms with E-state index < -0.39 is 0 Å². The average Bonchev–Trinajstić information content (AvgIpc) is 2.71. The number of benzene rings is 2. The van der Waals surface area contributed by atoms with Crippen LogP contribution in [0.15, 0.2) is 42.5 Å². The van der Waals surface area contributed by atoms with Crippen LogP contribution in [-0.4, -0.2) is 15.6 Å². The Morgan fingerprint density at radius 3 is 2.45 bits per heavy atom. The van der Waals surface area contributed by atoms with Gasteiger partial charge in [-0.15, -0.1) is 0 Å². The molecule has 20 heavy (non-hydrogen) atoms. The van der Waals surface area contributed by atoms with Crippen LogP contribution in [0.5, 0.6) is 0 Å². The highest BCUT2D eigenvalue weighted by Crippen LogP contribution is 2.24. The van der Waals surface area contributed by atoms with E-state index in [1.807, 2.05) is 63.4 Å². The first-order chi connectivity index (χ1) is 9.59. The van der Waals surface area contributed by atoms with Crippen molar-refractivity contribution in [2.75, 3.05) is 0 Å². The van der Waals surface area contributed by atoms with Crippen LogP contribution in [-0.2, 0) is 7.05 Å². The van der Waals surface area contributed by atoms with Crippen molar-refractivity contribution in [3.05, 3.63) is 65.0 Å². The molecule has 0 amide bonds. The smallest absolute Gasteiger partial charge is 0.197 e. The molecular weight excluding hydrogens is 248 g/mol. The first kappa shape index (κ1) is 12.6. The molecule has 0 unspecified atom stereocenters. The molecule has 0 fully saturated rings. The van der Waals surface area contributed by atoms with Crippen LogP contribution in [0.25, 0.3) is 10.8 Å². The molecule has 3 rings (SSSR count). The van der Waals surface area contributed by atoms with Gasteiger partial charge in [0.25, 0.3) is 0 Å². The Morgan fingerprint density at radius 1 is 1.05 bits per heavy atom. The van der Waals surface area contributed by atoms with E-state index in [4.69, 9.17) is 0 Å². The second-order valence-electron chi connectivity index (χ2n) is 5.03. The molecule has 0 N–H and O–H groups in total. The van der Waals surface area contributed by atoms with E-state index in [0.717, 1.165) is 27.7 Å². The van der Waals surface area contributed by atoms with Gasteiger partial charge in [0.05, 0.1) is 11.3 Å². The summed E-state index contributed by atoms with van der Waals surface area (Å²) >= 11 is 0. The maximum Gasteiger partial charge on any atom is 0.197 e. The summed E-state index contributed by atoms with van der Waals surface area (Å²) in [5.41, 5.74) is 3.13. The first-order valence-corrected chi connectivity index (χ1v) is 6.62. The van der Waals surface area contributed by atoms with Gasteiger partial charge in [0, 0.05) is 18.3 Å². The quantitative estimate of drug-likeness (QED) is 0.665. The topological polar surface area (TPSA) is 34.9 Å². The zero-order valence-electron chi connectivity index (χ0n) is 11.8. The lowest BCUT2D eigenvalue weighted by molar-refractivity contribution is 0.103. The van der Waals surface area contributed by atoms with Crippen LogP contribution in [0.2, 0.25) is 0 Å². The number of aryl methyl sites for hydroxylation is 2. The molecule has 0 saturated heterocycles. The van der Waals surface area contributed by atoms with Crippen LogP contribution in [0, 0.1) is 13.8 Å². The van der Waals surface area contributed by atoms with E-state index in [-0.39, 0.29) is 5.78 Å². The minimum Gasteiger partial charge on any atom is -0.288 e.